The summed E-state index contributed by atoms with van der Waals surface area (Å²) in [5.41, 5.74) is 15.5. The van der Waals surface area contributed by atoms with Gasteiger partial charge in [-0.2, -0.15) is 14.9 Å². The summed E-state index contributed by atoms with van der Waals surface area (Å²) in [7, 11) is 3.85. The van der Waals surface area contributed by atoms with Crippen LogP contribution in [0.2, 0.25) is 0 Å². The van der Waals surface area contributed by atoms with Crippen molar-refractivity contribution in [3.05, 3.63) is 85.3 Å². The molecule has 1 fully saturated rings. The molecular formula is C32H36N8O2S2. The molecule has 12 heteroatoms. The highest BCUT2D eigenvalue weighted by atomic mass is 32.1. The summed E-state index contributed by atoms with van der Waals surface area (Å²) in [6.45, 7) is 4.15. The van der Waals surface area contributed by atoms with E-state index in [4.69, 9.17) is 11.5 Å². The van der Waals surface area contributed by atoms with Crippen molar-refractivity contribution in [1.29, 1.82) is 0 Å². The SMILES string of the molecule is Cc1cc2c(s1)c1cn[nH]c(=O)c1n2C.Cc1cc2c(s1)c1cnn(-c3ccccc3)c(=O)c1n2C.N[C@@H]1CCCC[C@H]1N. The average Bonchev–Trinajstić information content (AvgIpc) is 3.73. The van der Waals surface area contributed by atoms with Crippen molar-refractivity contribution in [2.45, 2.75) is 51.6 Å². The zero-order chi connectivity index (χ0) is 31.1. The Morgan fingerprint density at radius 3 is 1.93 bits per heavy atom. The van der Waals surface area contributed by atoms with E-state index in [0.29, 0.717) is 11.0 Å². The van der Waals surface area contributed by atoms with E-state index in [-0.39, 0.29) is 23.2 Å². The Morgan fingerprint density at radius 1 is 0.818 bits per heavy atom. The molecule has 10 nitrogen and oxygen atoms in total. The first-order chi connectivity index (χ1) is 21.2. The first-order valence-corrected chi connectivity index (χ1v) is 16.2. The molecule has 7 aromatic rings. The summed E-state index contributed by atoms with van der Waals surface area (Å²) in [6.07, 6.45) is 8.31. The number of hydrogen-bond donors (Lipinski definition) is 3. The molecule has 5 N–H and O–H groups in total. The molecule has 228 valence electrons. The number of nitrogens with one attached hydrogen (secondary N) is 1. The Hall–Kier alpha value is -4.10. The first kappa shape index (κ1) is 29.9. The summed E-state index contributed by atoms with van der Waals surface area (Å²) in [5, 5.41) is 12.5. The summed E-state index contributed by atoms with van der Waals surface area (Å²) in [5.74, 6) is 0. The fourth-order valence-corrected chi connectivity index (χ4v) is 8.00. The third-order valence-corrected chi connectivity index (χ3v) is 10.4. The zero-order valence-electron chi connectivity index (χ0n) is 25.2. The number of aromatic nitrogens is 6. The van der Waals surface area contributed by atoms with Crippen LogP contribution in [0.1, 0.15) is 35.4 Å². The maximum atomic E-state index is 12.8. The van der Waals surface area contributed by atoms with Gasteiger partial charge in [-0.15, -0.1) is 22.7 Å². The largest absolute Gasteiger partial charge is 0.338 e. The standard InChI is InChI=1S/C16H13N3OS.C10H9N3OS.C6H14N2/c1-10-8-13-15(21-10)12-9-17-19(11-6-4-3-5-7-11)16(20)14(12)18(13)2;1-5-3-7-9(15-5)6-4-11-12-10(14)8(6)13(7)2;7-5-3-1-2-4-6(5)8/h3-9H,1-2H3;3-4H,1-2H3,(H,12,14);5-6H,1-4,7-8H2/t;;5-,6-/m..1/s1. The minimum absolute atomic E-state index is 0.0812. The molecule has 0 radical (unpaired) electrons. The van der Waals surface area contributed by atoms with Crippen LogP contribution in [0.4, 0.5) is 0 Å². The molecule has 1 saturated carbocycles. The van der Waals surface area contributed by atoms with Crippen molar-refractivity contribution in [2.75, 3.05) is 0 Å². The van der Waals surface area contributed by atoms with Crippen LogP contribution in [0, 0.1) is 13.8 Å². The van der Waals surface area contributed by atoms with Gasteiger partial charge >= 0.3 is 0 Å². The van der Waals surface area contributed by atoms with E-state index in [0.717, 1.165) is 49.7 Å². The van der Waals surface area contributed by atoms with E-state index in [2.05, 4.69) is 41.3 Å². The predicted octanol–water partition coefficient (Wildman–Crippen LogP) is 5.25. The Labute approximate surface area is 261 Å². The van der Waals surface area contributed by atoms with Crippen LogP contribution in [0.5, 0.6) is 0 Å². The number of thiophene rings is 2. The van der Waals surface area contributed by atoms with Crippen molar-refractivity contribution in [3.63, 3.8) is 0 Å². The Balaban J connectivity index is 0.000000130. The van der Waals surface area contributed by atoms with Crippen molar-refractivity contribution >= 4 is 64.9 Å². The zero-order valence-corrected chi connectivity index (χ0v) is 26.8. The first-order valence-electron chi connectivity index (χ1n) is 14.6. The molecule has 1 aliphatic carbocycles. The topological polar surface area (TPSA) is 143 Å². The number of aryl methyl sites for hydroxylation is 4. The lowest BCUT2D eigenvalue weighted by molar-refractivity contribution is 0.385. The number of aromatic amines is 1. The van der Waals surface area contributed by atoms with Gasteiger partial charge in [-0.05, 0) is 51.0 Å². The van der Waals surface area contributed by atoms with Crippen LogP contribution >= 0.6 is 22.7 Å². The monoisotopic (exact) mass is 628 g/mol. The smallest absolute Gasteiger partial charge is 0.296 e. The number of nitrogens with two attached hydrogens (primary N) is 2. The summed E-state index contributed by atoms with van der Waals surface area (Å²) < 4.78 is 7.63. The lowest BCUT2D eigenvalue weighted by Gasteiger charge is -2.24. The molecule has 6 aromatic heterocycles. The second-order valence-corrected chi connectivity index (χ2v) is 13.8. The predicted molar refractivity (Wildman–Crippen MR) is 182 cm³/mol. The third-order valence-electron chi connectivity index (χ3n) is 8.21. The molecular weight excluding hydrogens is 593 g/mol. The molecule has 1 aliphatic rings. The molecule has 0 bridgehead atoms. The van der Waals surface area contributed by atoms with Crippen LogP contribution in [-0.4, -0.2) is 41.2 Å². The Morgan fingerprint density at radius 2 is 1.36 bits per heavy atom. The molecule has 0 unspecified atom stereocenters. The maximum absolute atomic E-state index is 12.8. The fraction of sp³-hybridized carbons (Fsp3) is 0.312. The number of para-hydroxylation sites is 1. The van der Waals surface area contributed by atoms with E-state index in [1.54, 1.807) is 35.1 Å². The van der Waals surface area contributed by atoms with Crippen molar-refractivity contribution < 1.29 is 0 Å². The van der Waals surface area contributed by atoms with Gasteiger partial charge in [-0.3, -0.25) is 9.59 Å². The van der Waals surface area contributed by atoms with Crippen LogP contribution in [0.25, 0.3) is 47.9 Å². The van der Waals surface area contributed by atoms with Gasteiger partial charge in [0.05, 0.1) is 38.5 Å². The summed E-state index contributed by atoms with van der Waals surface area (Å²) in [6, 6.07) is 14.3. The van der Waals surface area contributed by atoms with Gasteiger partial charge in [-0.1, -0.05) is 31.0 Å². The van der Waals surface area contributed by atoms with E-state index in [1.807, 2.05) is 53.6 Å². The van der Waals surface area contributed by atoms with E-state index >= 15 is 0 Å². The Kier molecular flexibility index (Phi) is 8.25. The van der Waals surface area contributed by atoms with Gasteiger partial charge in [0.1, 0.15) is 11.0 Å². The number of fused-ring (bicyclic) bond motifs is 6. The summed E-state index contributed by atoms with van der Waals surface area (Å²) >= 11 is 3.40. The minimum atomic E-state index is -0.129. The van der Waals surface area contributed by atoms with Gasteiger partial charge in [0.15, 0.2) is 0 Å². The molecule has 6 heterocycles. The number of H-pyrrole nitrogens is 1. The van der Waals surface area contributed by atoms with Gasteiger partial charge < -0.3 is 20.6 Å². The highest BCUT2D eigenvalue weighted by molar-refractivity contribution is 7.20. The number of hydrogen-bond acceptors (Lipinski definition) is 8. The maximum Gasteiger partial charge on any atom is 0.296 e. The van der Waals surface area contributed by atoms with Crippen molar-refractivity contribution in [2.24, 2.45) is 25.6 Å². The van der Waals surface area contributed by atoms with Gasteiger partial charge in [-0.25, -0.2) is 5.10 Å². The van der Waals surface area contributed by atoms with Gasteiger partial charge in [0.25, 0.3) is 11.1 Å². The number of nitrogens with zero attached hydrogens (tertiary/aromatic N) is 5. The molecule has 0 spiro atoms. The molecule has 0 saturated heterocycles. The quantitative estimate of drug-likeness (QED) is 0.227. The number of benzene rings is 1. The highest BCUT2D eigenvalue weighted by Crippen LogP contribution is 2.33. The van der Waals surface area contributed by atoms with Crippen LogP contribution in [0.3, 0.4) is 0 Å². The van der Waals surface area contributed by atoms with Gasteiger partial charge in [0.2, 0.25) is 0 Å². The van der Waals surface area contributed by atoms with Gasteiger partial charge in [0, 0.05) is 46.7 Å². The second-order valence-electron chi connectivity index (χ2n) is 11.3. The second kappa shape index (κ2) is 12.1. The number of rotatable bonds is 1. The molecule has 0 amide bonds. The van der Waals surface area contributed by atoms with Crippen LogP contribution < -0.4 is 22.6 Å². The van der Waals surface area contributed by atoms with E-state index in [1.165, 1.54) is 27.3 Å². The fourth-order valence-electron chi connectivity index (χ4n) is 5.89. The molecule has 1 aromatic carbocycles. The summed E-state index contributed by atoms with van der Waals surface area (Å²) in [4.78, 5) is 26.9. The Bertz CT molecular complexity index is 2210. The average molecular weight is 629 g/mol. The van der Waals surface area contributed by atoms with Crippen molar-refractivity contribution in [3.8, 4) is 5.69 Å². The lowest BCUT2D eigenvalue weighted by atomic mass is 9.92. The van der Waals surface area contributed by atoms with Crippen LogP contribution in [0.15, 0.2) is 64.4 Å². The molecule has 2 atom stereocenters. The van der Waals surface area contributed by atoms with E-state index < -0.39 is 0 Å². The van der Waals surface area contributed by atoms with E-state index in [9.17, 15) is 9.59 Å². The molecule has 44 heavy (non-hydrogen) atoms. The minimum Gasteiger partial charge on any atom is -0.338 e. The van der Waals surface area contributed by atoms with Crippen LogP contribution in [-0.2, 0) is 14.1 Å². The lowest BCUT2D eigenvalue weighted by Crippen LogP contribution is -2.43. The highest BCUT2D eigenvalue weighted by Gasteiger charge is 2.18. The third kappa shape index (κ3) is 5.38. The van der Waals surface area contributed by atoms with Crippen molar-refractivity contribution in [1.82, 2.24) is 29.1 Å². The molecule has 0 aliphatic heterocycles. The molecule has 8 rings (SSSR count). The normalized spacial score (nSPS) is 16.7.